The minimum absolute atomic E-state index is 0.0682. The molecule has 0 bridgehead atoms. The highest BCUT2D eigenvalue weighted by atomic mass is 16.5. The number of carbonyl (C=O) groups is 2. The number of ether oxygens (including phenoxy) is 1. The van der Waals surface area contributed by atoms with Crippen molar-refractivity contribution < 1.29 is 14.3 Å². The van der Waals surface area contributed by atoms with Gasteiger partial charge in [-0.1, -0.05) is 25.5 Å². The van der Waals surface area contributed by atoms with Gasteiger partial charge in [-0.2, -0.15) is 0 Å². The number of hydrogen-bond donors (Lipinski definition) is 2. The highest BCUT2D eigenvalue weighted by Crippen LogP contribution is 2.30. The van der Waals surface area contributed by atoms with E-state index in [9.17, 15) is 9.59 Å². The van der Waals surface area contributed by atoms with Gasteiger partial charge in [0.2, 0.25) is 11.8 Å². The number of amides is 2. The first kappa shape index (κ1) is 18.3. The van der Waals surface area contributed by atoms with Crippen molar-refractivity contribution in [2.75, 3.05) is 13.7 Å². The highest BCUT2D eigenvalue weighted by Gasteiger charge is 2.37. The first-order chi connectivity index (χ1) is 11.6. The summed E-state index contributed by atoms with van der Waals surface area (Å²) in [5.41, 5.74) is 0.831. The van der Waals surface area contributed by atoms with Crippen LogP contribution in [0.25, 0.3) is 0 Å². The van der Waals surface area contributed by atoms with Gasteiger partial charge in [0, 0.05) is 24.9 Å². The molecule has 2 amide bonds. The molecule has 1 aliphatic heterocycles. The lowest BCUT2D eigenvalue weighted by Crippen LogP contribution is -2.44. The van der Waals surface area contributed by atoms with Crippen LogP contribution in [0.3, 0.4) is 0 Å². The second kappa shape index (κ2) is 8.71. The van der Waals surface area contributed by atoms with Gasteiger partial charge < -0.3 is 15.4 Å². The number of carbonyl (C=O) groups excluding carboxylic acids is 2. The molecule has 1 aliphatic rings. The van der Waals surface area contributed by atoms with E-state index < -0.39 is 0 Å². The Balaban J connectivity index is 1.95. The molecular formula is C19H28N2O3. The maximum atomic E-state index is 12.0. The summed E-state index contributed by atoms with van der Waals surface area (Å²) in [7, 11) is 1.64. The van der Waals surface area contributed by atoms with Crippen LogP contribution in [-0.4, -0.2) is 31.0 Å². The fourth-order valence-corrected chi connectivity index (χ4v) is 3.16. The Hall–Kier alpha value is -2.04. The van der Waals surface area contributed by atoms with E-state index in [4.69, 9.17) is 4.74 Å². The fraction of sp³-hybridized carbons (Fsp3) is 0.579. The summed E-state index contributed by atoms with van der Waals surface area (Å²) in [6, 6.07) is 7.90. The molecular weight excluding hydrogens is 304 g/mol. The second-order valence-electron chi connectivity index (χ2n) is 6.56. The Bertz CT molecular complexity index is 556. The van der Waals surface area contributed by atoms with Crippen molar-refractivity contribution >= 4 is 11.8 Å². The van der Waals surface area contributed by atoms with E-state index in [2.05, 4.69) is 17.6 Å². The lowest BCUT2D eigenvalue weighted by atomic mass is 9.85. The lowest BCUT2D eigenvalue weighted by molar-refractivity contribution is -0.122. The summed E-state index contributed by atoms with van der Waals surface area (Å²) >= 11 is 0. The zero-order chi connectivity index (χ0) is 17.4. The van der Waals surface area contributed by atoms with Gasteiger partial charge >= 0.3 is 0 Å². The molecule has 2 N–H and O–H groups in total. The standard InChI is InChI=1S/C19H28N2O3/c1-3-4-13-20-17(22)9-11-19(12-10-18(23)21-19)14-15-5-7-16(24-2)8-6-15/h5-8H,3-4,9-14H2,1-2H3,(H,20,22)(H,21,23)/t19-/m0/s1. The van der Waals surface area contributed by atoms with Crippen molar-refractivity contribution in [3.8, 4) is 5.75 Å². The number of hydrogen-bond acceptors (Lipinski definition) is 3. The SMILES string of the molecule is CCCCNC(=O)CC[C@@]1(Cc2ccc(OC)cc2)CCC(=O)N1. The summed E-state index contributed by atoms with van der Waals surface area (Å²) in [5.74, 6) is 0.965. The average molecular weight is 332 g/mol. The molecule has 24 heavy (non-hydrogen) atoms. The Labute approximate surface area is 144 Å². The Morgan fingerprint density at radius 3 is 2.67 bits per heavy atom. The van der Waals surface area contributed by atoms with Gasteiger partial charge in [-0.05, 0) is 43.4 Å². The molecule has 1 aromatic rings. The van der Waals surface area contributed by atoms with Crippen molar-refractivity contribution in [3.63, 3.8) is 0 Å². The summed E-state index contributed by atoms with van der Waals surface area (Å²) in [4.78, 5) is 23.8. The number of nitrogens with one attached hydrogen (secondary N) is 2. The quantitative estimate of drug-likeness (QED) is 0.683. The van der Waals surface area contributed by atoms with E-state index >= 15 is 0 Å². The minimum atomic E-state index is -0.312. The Kier molecular flexibility index (Phi) is 6.64. The van der Waals surface area contributed by atoms with Crippen LogP contribution in [0.2, 0.25) is 0 Å². The van der Waals surface area contributed by atoms with E-state index in [1.54, 1.807) is 7.11 Å². The number of benzene rings is 1. The van der Waals surface area contributed by atoms with E-state index in [1.807, 2.05) is 24.3 Å². The molecule has 5 nitrogen and oxygen atoms in total. The van der Waals surface area contributed by atoms with Crippen LogP contribution in [0.5, 0.6) is 5.75 Å². The molecule has 1 saturated heterocycles. The van der Waals surface area contributed by atoms with Crippen LogP contribution in [0.4, 0.5) is 0 Å². The molecule has 0 spiro atoms. The van der Waals surface area contributed by atoms with Crippen molar-refractivity contribution in [1.82, 2.24) is 10.6 Å². The Morgan fingerprint density at radius 1 is 1.33 bits per heavy atom. The van der Waals surface area contributed by atoms with Crippen molar-refractivity contribution in [2.45, 2.75) is 57.4 Å². The summed E-state index contributed by atoms with van der Waals surface area (Å²) in [5, 5.41) is 6.06. The van der Waals surface area contributed by atoms with Crippen LogP contribution in [0.1, 0.15) is 51.0 Å². The number of rotatable bonds is 9. The molecule has 132 valence electrons. The molecule has 0 saturated carbocycles. The van der Waals surface area contributed by atoms with Crippen molar-refractivity contribution in [3.05, 3.63) is 29.8 Å². The Morgan fingerprint density at radius 2 is 2.08 bits per heavy atom. The van der Waals surface area contributed by atoms with E-state index in [1.165, 1.54) is 0 Å². The van der Waals surface area contributed by atoms with Gasteiger partial charge in [0.05, 0.1) is 7.11 Å². The average Bonchev–Trinajstić information content (AvgIpc) is 2.95. The molecule has 1 fully saturated rings. The molecule has 0 aromatic heterocycles. The number of unbranched alkanes of at least 4 members (excludes halogenated alkanes) is 1. The van der Waals surface area contributed by atoms with Gasteiger partial charge in [0.25, 0.3) is 0 Å². The predicted molar refractivity (Wildman–Crippen MR) is 94.0 cm³/mol. The zero-order valence-electron chi connectivity index (χ0n) is 14.7. The second-order valence-corrected chi connectivity index (χ2v) is 6.56. The minimum Gasteiger partial charge on any atom is -0.497 e. The van der Waals surface area contributed by atoms with Gasteiger partial charge in [-0.3, -0.25) is 9.59 Å². The normalized spacial score (nSPS) is 19.8. The molecule has 0 radical (unpaired) electrons. The van der Waals surface area contributed by atoms with E-state index in [0.717, 1.165) is 43.5 Å². The van der Waals surface area contributed by atoms with Crippen LogP contribution >= 0.6 is 0 Å². The maximum Gasteiger partial charge on any atom is 0.220 e. The summed E-state index contributed by atoms with van der Waals surface area (Å²) < 4.78 is 5.18. The summed E-state index contributed by atoms with van der Waals surface area (Å²) in [6.45, 7) is 2.83. The fourth-order valence-electron chi connectivity index (χ4n) is 3.16. The van der Waals surface area contributed by atoms with Gasteiger partial charge in [-0.15, -0.1) is 0 Å². The third-order valence-electron chi connectivity index (χ3n) is 4.62. The molecule has 1 aromatic carbocycles. The third kappa shape index (κ3) is 5.25. The molecule has 1 heterocycles. The van der Waals surface area contributed by atoms with Crippen LogP contribution in [-0.2, 0) is 16.0 Å². The number of methoxy groups -OCH3 is 1. The van der Waals surface area contributed by atoms with Crippen LogP contribution in [0.15, 0.2) is 24.3 Å². The zero-order valence-corrected chi connectivity index (χ0v) is 14.7. The molecule has 2 rings (SSSR count). The maximum absolute atomic E-state index is 12.0. The molecule has 0 aliphatic carbocycles. The molecule has 1 atom stereocenters. The molecule has 0 unspecified atom stereocenters. The smallest absolute Gasteiger partial charge is 0.220 e. The highest BCUT2D eigenvalue weighted by molar-refractivity contribution is 5.80. The molecule has 5 heteroatoms. The predicted octanol–water partition coefficient (Wildman–Crippen LogP) is 2.58. The van der Waals surface area contributed by atoms with E-state index in [0.29, 0.717) is 19.3 Å². The summed E-state index contributed by atoms with van der Waals surface area (Å²) in [6.07, 6.45) is 5.23. The largest absolute Gasteiger partial charge is 0.497 e. The third-order valence-corrected chi connectivity index (χ3v) is 4.62. The van der Waals surface area contributed by atoms with Crippen molar-refractivity contribution in [2.24, 2.45) is 0 Å². The topological polar surface area (TPSA) is 67.4 Å². The van der Waals surface area contributed by atoms with Gasteiger partial charge in [0.15, 0.2) is 0 Å². The van der Waals surface area contributed by atoms with Crippen LogP contribution < -0.4 is 15.4 Å². The van der Waals surface area contributed by atoms with Gasteiger partial charge in [0.1, 0.15) is 5.75 Å². The lowest BCUT2D eigenvalue weighted by Gasteiger charge is -2.29. The van der Waals surface area contributed by atoms with E-state index in [-0.39, 0.29) is 17.4 Å². The van der Waals surface area contributed by atoms with Crippen LogP contribution in [0, 0.1) is 0 Å². The first-order valence-electron chi connectivity index (χ1n) is 8.77. The van der Waals surface area contributed by atoms with Crippen molar-refractivity contribution in [1.29, 1.82) is 0 Å². The first-order valence-corrected chi connectivity index (χ1v) is 8.77. The van der Waals surface area contributed by atoms with Gasteiger partial charge in [-0.25, -0.2) is 0 Å². The monoisotopic (exact) mass is 332 g/mol.